The molecule has 1 aliphatic carbocycles. The maximum atomic E-state index is 12.3. The number of carbonyl (C=O) groups is 2. The molecule has 1 aromatic carbocycles. The van der Waals surface area contributed by atoms with Crippen LogP contribution in [0.1, 0.15) is 24.0 Å². The van der Waals surface area contributed by atoms with E-state index in [0.717, 1.165) is 29.7 Å². The lowest BCUT2D eigenvalue weighted by Gasteiger charge is -2.19. The van der Waals surface area contributed by atoms with Gasteiger partial charge in [-0.15, -0.1) is 0 Å². The first-order valence-electron chi connectivity index (χ1n) is 7.46. The lowest BCUT2D eigenvalue weighted by atomic mass is 10.1. The third kappa shape index (κ3) is 3.17. The molecular weight excluding hydrogens is 266 g/mol. The number of rotatable bonds is 2. The Labute approximate surface area is 124 Å². The first-order valence-corrected chi connectivity index (χ1v) is 7.46. The lowest BCUT2D eigenvalue weighted by Crippen LogP contribution is -2.36. The second-order valence-electron chi connectivity index (χ2n) is 6.09. The van der Waals surface area contributed by atoms with Gasteiger partial charge in [0, 0.05) is 24.7 Å². The van der Waals surface area contributed by atoms with E-state index in [1.807, 2.05) is 26.0 Å². The lowest BCUT2D eigenvalue weighted by molar-refractivity contribution is -0.131. The van der Waals surface area contributed by atoms with Crippen LogP contribution >= 0.6 is 0 Å². The molecule has 21 heavy (non-hydrogen) atoms. The SMILES string of the molecule is Cc1cc(C)cc(NC(=O)N2CCN(C(=O)C3CC3)C2)c1. The van der Waals surface area contributed by atoms with E-state index in [2.05, 4.69) is 11.4 Å². The molecule has 1 saturated heterocycles. The molecule has 0 radical (unpaired) electrons. The van der Waals surface area contributed by atoms with Crippen molar-refractivity contribution in [1.29, 1.82) is 0 Å². The standard InChI is InChI=1S/C16H21N3O2/c1-11-7-12(2)9-14(8-11)17-16(21)19-6-5-18(10-19)15(20)13-3-4-13/h7-9,13H,3-6,10H2,1-2H3,(H,17,21). The van der Waals surface area contributed by atoms with E-state index in [4.69, 9.17) is 0 Å². The maximum Gasteiger partial charge on any atom is 0.323 e. The fraction of sp³-hybridized carbons (Fsp3) is 0.500. The second-order valence-corrected chi connectivity index (χ2v) is 6.09. The molecule has 3 amide bonds. The molecule has 5 nitrogen and oxygen atoms in total. The number of hydrogen-bond acceptors (Lipinski definition) is 2. The fourth-order valence-corrected chi connectivity index (χ4v) is 2.77. The van der Waals surface area contributed by atoms with Crippen LogP contribution in [0, 0.1) is 19.8 Å². The maximum absolute atomic E-state index is 12.3. The fourth-order valence-electron chi connectivity index (χ4n) is 2.77. The highest BCUT2D eigenvalue weighted by Crippen LogP contribution is 2.31. The molecule has 0 bridgehead atoms. The number of nitrogens with zero attached hydrogens (tertiary/aromatic N) is 2. The zero-order valence-corrected chi connectivity index (χ0v) is 12.6. The first kappa shape index (κ1) is 13.9. The number of amides is 3. The Morgan fingerprint density at radius 3 is 2.29 bits per heavy atom. The highest BCUT2D eigenvalue weighted by Gasteiger charge is 2.36. The van der Waals surface area contributed by atoms with Crippen molar-refractivity contribution >= 4 is 17.6 Å². The molecule has 2 aliphatic rings. The summed E-state index contributed by atoms with van der Waals surface area (Å²) < 4.78 is 0. The smallest absolute Gasteiger partial charge is 0.323 e. The van der Waals surface area contributed by atoms with Gasteiger partial charge in [-0.25, -0.2) is 4.79 Å². The average Bonchev–Trinajstić information content (AvgIpc) is 3.13. The van der Waals surface area contributed by atoms with E-state index in [1.54, 1.807) is 9.80 Å². The molecule has 1 saturated carbocycles. The van der Waals surface area contributed by atoms with Crippen molar-refractivity contribution in [2.75, 3.05) is 25.1 Å². The number of urea groups is 1. The van der Waals surface area contributed by atoms with Crippen LogP contribution in [0.3, 0.4) is 0 Å². The van der Waals surface area contributed by atoms with E-state index < -0.39 is 0 Å². The van der Waals surface area contributed by atoms with E-state index in [1.165, 1.54) is 0 Å². The molecule has 1 heterocycles. The molecule has 1 aromatic rings. The number of carbonyl (C=O) groups excluding carboxylic acids is 2. The minimum absolute atomic E-state index is 0.133. The molecule has 1 N–H and O–H groups in total. The molecule has 0 unspecified atom stereocenters. The average molecular weight is 287 g/mol. The van der Waals surface area contributed by atoms with Crippen LogP contribution in [-0.4, -0.2) is 41.5 Å². The van der Waals surface area contributed by atoms with Crippen molar-refractivity contribution in [3.8, 4) is 0 Å². The number of anilines is 1. The highest BCUT2D eigenvalue weighted by molar-refractivity contribution is 5.90. The Morgan fingerprint density at radius 1 is 1.05 bits per heavy atom. The minimum atomic E-state index is -0.133. The molecule has 0 spiro atoms. The van der Waals surface area contributed by atoms with Crippen LogP contribution in [0.2, 0.25) is 0 Å². The van der Waals surface area contributed by atoms with Crippen molar-refractivity contribution in [2.45, 2.75) is 26.7 Å². The van der Waals surface area contributed by atoms with Crippen LogP contribution in [0.25, 0.3) is 0 Å². The van der Waals surface area contributed by atoms with Gasteiger partial charge < -0.3 is 15.1 Å². The molecule has 5 heteroatoms. The summed E-state index contributed by atoms with van der Waals surface area (Å²) in [5.74, 6) is 0.420. The van der Waals surface area contributed by atoms with Gasteiger partial charge in [-0.3, -0.25) is 4.79 Å². The molecule has 112 valence electrons. The Kier molecular flexibility index (Phi) is 3.57. The van der Waals surface area contributed by atoms with Crippen LogP contribution < -0.4 is 5.32 Å². The van der Waals surface area contributed by atoms with Gasteiger partial charge in [0.25, 0.3) is 0 Å². The summed E-state index contributed by atoms with van der Waals surface area (Å²) in [5, 5.41) is 2.92. The summed E-state index contributed by atoms with van der Waals surface area (Å²) in [6.07, 6.45) is 2.01. The van der Waals surface area contributed by atoms with Crippen LogP contribution in [0.5, 0.6) is 0 Å². The van der Waals surface area contributed by atoms with Gasteiger partial charge in [-0.05, 0) is 49.9 Å². The molecule has 0 atom stereocenters. The van der Waals surface area contributed by atoms with E-state index in [0.29, 0.717) is 19.8 Å². The van der Waals surface area contributed by atoms with Crippen LogP contribution in [0.4, 0.5) is 10.5 Å². The van der Waals surface area contributed by atoms with Crippen molar-refractivity contribution < 1.29 is 9.59 Å². The van der Waals surface area contributed by atoms with E-state index in [9.17, 15) is 9.59 Å². The third-order valence-corrected chi connectivity index (χ3v) is 3.98. The number of hydrogen-bond donors (Lipinski definition) is 1. The van der Waals surface area contributed by atoms with E-state index in [-0.39, 0.29) is 17.9 Å². The zero-order chi connectivity index (χ0) is 15.0. The normalized spacial score (nSPS) is 18.0. The minimum Gasteiger partial charge on any atom is -0.323 e. The summed E-state index contributed by atoms with van der Waals surface area (Å²) in [6.45, 7) is 5.68. The number of aryl methyl sites for hydroxylation is 2. The van der Waals surface area contributed by atoms with Crippen molar-refractivity contribution in [1.82, 2.24) is 9.80 Å². The van der Waals surface area contributed by atoms with Gasteiger partial charge >= 0.3 is 6.03 Å². The predicted octanol–water partition coefficient (Wildman–Crippen LogP) is 2.35. The van der Waals surface area contributed by atoms with Crippen molar-refractivity contribution in [3.05, 3.63) is 29.3 Å². The largest absolute Gasteiger partial charge is 0.323 e. The van der Waals surface area contributed by atoms with Gasteiger partial charge in [0.1, 0.15) is 0 Å². The summed E-state index contributed by atoms with van der Waals surface area (Å²) in [6, 6.07) is 5.84. The molecule has 2 fully saturated rings. The molecule has 3 rings (SSSR count). The Morgan fingerprint density at radius 2 is 1.67 bits per heavy atom. The monoisotopic (exact) mass is 287 g/mol. The first-order chi connectivity index (χ1) is 10.0. The predicted molar refractivity (Wildman–Crippen MR) is 80.9 cm³/mol. The summed E-state index contributed by atoms with van der Waals surface area (Å²) in [5.41, 5.74) is 3.05. The van der Waals surface area contributed by atoms with Gasteiger partial charge in [0.2, 0.25) is 5.91 Å². The Hall–Kier alpha value is -2.04. The second kappa shape index (κ2) is 5.39. The number of benzene rings is 1. The van der Waals surface area contributed by atoms with E-state index >= 15 is 0 Å². The van der Waals surface area contributed by atoms with Gasteiger partial charge in [-0.2, -0.15) is 0 Å². The molecular formula is C16H21N3O2. The van der Waals surface area contributed by atoms with Crippen LogP contribution in [0.15, 0.2) is 18.2 Å². The highest BCUT2D eigenvalue weighted by atomic mass is 16.2. The summed E-state index contributed by atoms with van der Waals surface area (Å²) in [4.78, 5) is 27.7. The Balaban J connectivity index is 1.59. The Bertz CT molecular complexity index is 561. The quantitative estimate of drug-likeness (QED) is 0.907. The number of nitrogens with one attached hydrogen (secondary N) is 1. The van der Waals surface area contributed by atoms with Gasteiger partial charge in [0.05, 0.1) is 6.67 Å². The summed E-state index contributed by atoms with van der Waals surface area (Å²) in [7, 11) is 0. The molecule has 1 aliphatic heterocycles. The van der Waals surface area contributed by atoms with Crippen LogP contribution in [-0.2, 0) is 4.79 Å². The zero-order valence-electron chi connectivity index (χ0n) is 12.6. The van der Waals surface area contributed by atoms with Crippen molar-refractivity contribution in [3.63, 3.8) is 0 Å². The van der Waals surface area contributed by atoms with Gasteiger partial charge in [-0.1, -0.05) is 6.07 Å². The van der Waals surface area contributed by atoms with Gasteiger partial charge in [0.15, 0.2) is 0 Å². The van der Waals surface area contributed by atoms with Crippen molar-refractivity contribution in [2.24, 2.45) is 5.92 Å². The summed E-state index contributed by atoms with van der Waals surface area (Å²) >= 11 is 0. The topological polar surface area (TPSA) is 52.7 Å². The third-order valence-electron chi connectivity index (χ3n) is 3.98. The molecule has 0 aromatic heterocycles.